The van der Waals surface area contributed by atoms with E-state index in [0.29, 0.717) is 11.6 Å². The number of aromatic nitrogens is 1. The first kappa shape index (κ1) is 12.8. The molecule has 1 aliphatic rings. The number of thiazole rings is 1. The summed E-state index contributed by atoms with van der Waals surface area (Å²) in [7, 11) is 0. The molecule has 0 spiro atoms. The molecule has 4 heteroatoms. The minimum atomic E-state index is -0.178. The van der Waals surface area contributed by atoms with E-state index in [0.717, 1.165) is 23.5 Å². The Morgan fingerprint density at radius 1 is 1.47 bits per heavy atom. The average molecular weight is 276 g/mol. The van der Waals surface area contributed by atoms with E-state index in [9.17, 15) is 4.39 Å². The number of benzene rings is 1. The maximum absolute atomic E-state index is 13.9. The summed E-state index contributed by atoms with van der Waals surface area (Å²) in [5.74, 6) is -0.131. The number of aryl methyl sites for hydroxylation is 1. The van der Waals surface area contributed by atoms with Crippen molar-refractivity contribution in [2.75, 3.05) is 6.54 Å². The quantitative estimate of drug-likeness (QED) is 0.910. The van der Waals surface area contributed by atoms with Crippen molar-refractivity contribution < 1.29 is 4.39 Å². The van der Waals surface area contributed by atoms with Crippen LogP contribution >= 0.6 is 11.3 Å². The highest BCUT2D eigenvalue weighted by Crippen LogP contribution is 2.41. The van der Waals surface area contributed by atoms with E-state index in [-0.39, 0.29) is 11.2 Å². The van der Waals surface area contributed by atoms with Gasteiger partial charge in [0.25, 0.3) is 0 Å². The van der Waals surface area contributed by atoms with Crippen molar-refractivity contribution in [2.45, 2.75) is 31.7 Å². The Bertz CT molecular complexity index is 582. The first-order valence-corrected chi connectivity index (χ1v) is 7.40. The van der Waals surface area contributed by atoms with Gasteiger partial charge in [0, 0.05) is 24.2 Å². The first-order valence-electron chi connectivity index (χ1n) is 6.52. The minimum Gasteiger partial charge on any atom is -0.313 e. The van der Waals surface area contributed by atoms with Crippen molar-refractivity contribution in [2.24, 2.45) is 0 Å². The topological polar surface area (TPSA) is 24.9 Å². The first-order chi connectivity index (χ1) is 9.12. The Kier molecular flexibility index (Phi) is 3.15. The predicted octanol–water partition coefficient (Wildman–Crippen LogP) is 3.26. The van der Waals surface area contributed by atoms with Crippen molar-refractivity contribution in [3.63, 3.8) is 0 Å². The molecule has 0 bridgehead atoms. The van der Waals surface area contributed by atoms with E-state index in [1.54, 1.807) is 24.3 Å². The number of hydrogen-bond donors (Lipinski definition) is 1. The molecule has 2 unspecified atom stereocenters. The molecule has 0 saturated carbocycles. The third-order valence-electron chi connectivity index (χ3n) is 3.97. The van der Waals surface area contributed by atoms with Gasteiger partial charge in [0.15, 0.2) is 0 Å². The molecule has 2 heterocycles. The molecule has 0 amide bonds. The van der Waals surface area contributed by atoms with Crippen LogP contribution in [0.3, 0.4) is 0 Å². The van der Waals surface area contributed by atoms with Crippen LogP contribution in [0.4, 0.5) is 4.39 Å². The number of rotatable bonds is 2. The molecule has 1 N–H and O–H groups in total. The van der Waals surface area contributed by atoms with Gasteiger partial charge in [0.2, 0.25) is 0 Å². The molecule has 1 fully saturated rings. The summed E-state index contributed by atoms with van der Waals surface area (Å²) in [5, 5.41) is 6.54. The Hall–Kier alpha value is -1.26. The van der Waals surface area contributed by atoms with Crippen LogP contribution in [0, 0.1) is 12.7 Å². The van der Waals surface area contributed by atoms with Gasteiger partial charge in [0.05, 0.1) is 5.41 Å². The highest BCUT2D eigenvalue weighted by atomic mass is 32.1. The fourth-order valence-electron chi connectivity index (χ4n) is 2.87. The Morgan fingerprint density at radius 3 is 2.89 bits per heavy atom. The van der Waals surface area contributed by atoms with Gasteiger partial charge in [-0.25, -0.2) is 9.37 Å². The Morgan fingerprint density at radius 2 is 2.32 bits per heavy atom. The normalized spacial score (nSPS) is 26.8. The van der Waals surface area contributed by atoms with Gasteiger partial charge in [-0.3, -0.25) is 0 Å². The standard InChI is InChI=1S/C15H17FN2S/c1-10-3-4-12(7-13(10)16)15(8-11(2)18-9-15)14-17-5-6-19-14/h3-7,11,18H,8-9H2,1-2H3. The Labute approximate surface area is 116 Å². The molecule has 2 atom stereocenters. The van der Waals surface area contributed by atoms with E-state index in [1.807, 2.05) is 23.7 Å². The Balaban J connectivity index is 2.12. The summed E-state index contributed by atoms with van der Waals surface area (Å²) in [5.41, 5.74) is 1.54. The van der Waals surface area contributed by atoms with Crippen LogP contribution < -0.4 is 5.32 Å². The lowest BCUT2D eigenvalue weighted by Gasteiger charge is -2.27. The van der Waals surface area contributed by atoms with Crippen molar-refractivity contribution >= 4 is 11.3 Å². The number of nitrogens with one attached hydrogen (secondary N) is 1. The lowest BCUT2D eigenvalue weighted by molar-refractivity contribution is 0.541. The molecular formula is C15H17FN2S. The molecule has 1 saturated heterocycles. The lowest BCUT2D eigenvalue weighted by atomic mass is 9.78. The fraction of sp³-hybridized carbons (Fsp3) is 0.400. The SMILES string of the molecule is Cc1ccc(C2(c3nccs3)CNC(C)C2)cc1F. The summed E-state index contributed by atoms with van der Waals surface area (Å²) >= 11 is 1.65. The summed E-state index contributed by atoms with van der Waals surface area (Å²) in [4.78, 5) is 4.49. The van der Waals surface area contributed by atoms with Crippen molar-refractivity contribution in [1.29, 1.82) is 0 Å². The second-order valence-corrected chi connectivity index (χ2v) is 6.26. The van der Waals surface area contributed by atoms with Gasteiger partial charge >= 0.3 is 0 Å². The highest BCUT2D eigenvalue weighted by Gasteiger charge is 2.42. The third-order valence-corrected chi connectivity index (χ3v) is 4.95. The molecule has 2 nitrogen and oxygen atoms in total. The van der Waals surface area contributed by atoms with E-state index in [4.69, 9.17) is 0 Å². The van der Waals surface area contributed by atoms with Crippen LogP contribution in [0.2, 0.25) is 0 Å². The van der Waals surface area contributed by atoms with Crippen LogP contribution in [0.25, 0.3) is 0 Å². The summed E-state index contributed by atoms with van der Waals surface area (Å²) in [6.45, 7) is 4.79. The molecule has 1 aliphatic heterocycles. The van der Waals surface area contributed by atoms with Gasteiger partial charge in [-0.2, -0.15) is 0 Å². The third kappa shape index (κ3) is 2.09. The fourth-order valence-corrected chi connectivity index (χ4v) is 3.74. The zero-order valence-electron chi connectivity index (χ0n) is 11.1. The van der Waals surface area contributed by atoms with Crippen LogP contribution in [-0.4, -0.2) is 17.6 Å². The van der Waals surface area contributed by atoms with Gasteiger partial charge < -0.3 is 5.32 Å². The smallest absolute Gasteiger partial charge is 0.126 e. The average Bonchev–Trinajstić information content (AvgIpc) is 3.02. The zero-order chi connectivity index (χ0) is 13.5. The number of nitrogens with zero attached hydrogens (tertiary/aromatic N) is 1. The number of halogens is 1. The van der Waals surface area contributed by atoms with Crippen molar-refractivity contribution in [3.05, 3.63) is 51.7 Å². The highest BCUT2D eigenvalue weighted by molar-refractivity contribution is 7.09. The van der Waals surface area contributed by atoms with E-state index < -0.39 is 0 Å². The summed E-state index contributed by atoms with van der Waals surface area (Å²) < 4.78 is 13.9. The molecule has 0 radical (unpaired) electrons. The monoisotopic (exact) mass is 276 g/mol. The van der Waals surface area contributed by atoms with Gasteiger partial charge in [-0.15, -0.1) is 11.3 Å². The molecule has 19 heavy (non-hydrogen) atoms. The maximum Gasteiger partial charge on any atom is 0.126 e. The van der Waals surface area contributed by atoms with E-state index in [2.05, 4.69) is 17.2 Å². The summed E-state index contributed by atoms with van der Waals surface area (Å²) in [6, 6.07) is 6.01. The van der Waals surface area contributed by atoms with Crippen LogP contribution in [0.5, 0.6) is 0 Å². The molecule has 3 rings (SSSR count). The van der Waals surface area contributed by atoms with Crippen molar-refractivity contribution in [1.82, 2.24) is 10.3 Å². The minimum absolute atomic E-state index is 0.131. The van der Waals surface area contributed by atoms with Crippen molar-refractivity contribution in [3.8, 4) is 0 Å². The molecule has 1 aromatic heterocycles. The second kappa shape index (κ2) is 4.69. The second-order valence-electron chi connectivity index (χ2n) is 5.37. The predicted molar refractivity (Wildman–Crippen MR) is 76.1 cm³/mol. The van der Waals surface area contributed by atoms with E-state index in [1.165, 1.54) is 0 Å². The molecule has 0 aliphatic carbocycles. The molecule has 2 aromatic rings. The summed E-state index contributed by atoms with van der Waals surface area (Å²) in [6.07, 6.45) is 2.79. The van der Waals surface area contributed by atoms with Crippen LogP contribution in [0.1, 0.15) is 29.5 Å². The van der Waals surface area contributed by atoms with Gasteiger partial charge in [-0.05, 0) is 37.5 Å². The molecular weight excluding hydrogens is 259 g/mol. The maximum atomic E-state index is 13.9. The zero-order valence-corrected chi connectivity index (χ0v) is 11.9. The van der Waals surface area contributed by atoms with Gasteiger partial charge in [-0.1, -0.05) is 12.1 Å². The van der Waals surface area contributed by atoms with Crippen LogP contribution in [-0.2, 0) is 5.41 Å². The lowest BCUT2D eigenvalue weighted by Crippen LogP contribution is -2.30. The number of hydrogen-bond acceptors (Lipinski definition) is 3. The molecule has 1 aromatic carbocycles. The van der Waals surface area contributed by atoms with Gasteiger partial charge in [0.1, 0.15) is 10.8 Å². The van der Waals surface area contributed by atoms with E-state index >= 15 is 0 Å². The largest absolute Gasteiger partial charge is 0.313 e. The van der Waals surface area contributed by atoms with Crippen LogP contribution in [0.15, 0.2) is 29.8 Å². The molecule has 100 valence electrons.